The van der Waals surface area contributed by atoms with E-state index in [4.69, 9.17) is 0 Å². The van der Waals surface area contributed by atoms with E-state index in [0.717, 1.165) is 4.88 Å². The number of carbonyl (C=O) groups is 1. The molecule has 29 heavy (non-hydrogen) atoms. The predicted octanol–water partition coefficient (Wildman–Crippen LogP) is 2.97. The van der Waals surface area contributed by atoms with Gasteiger partial charge >= 0.3 is 6.18 Å². The number of rotatable bonds is 10. The Labute approximate surface area is 171 Å². The van der Waals surface area contributed by atoms with Crippen LogP contribution in [0.3, 0.4) is 0 Å². The number of halogens is 3. The van der Waals surface area contributed by atoms with Gasteiger partial charge in [-0.3, -0.25) is 4.79 Å². The summed E-state index contributed by atoms with van der Waals surface area (Å²) in [5, 5.41) is 4.41. The van der Waals surface area contributed by atoms with Crippen LogP contribution in [0.5, 0.6) is 0 Å². The summed E-state index contributed by atoms with van der Waals surface area (Å²) >= 11 is 1.54. The second-order valence-electron chi connectivity index (χ2n) is 6.26. The van der Waals surface area contributed by atoms with Crippen LogP contribution in [0, 0.1) is 0 Å². The van der Waals surface area contributed by atoms with E-state index in [2.05, 4.69) is 14.8 Å². The molecular formula is C18H21F3N2O4S2. The molecule has 0 saturated heterocycles. The van der Waals surface area contributed by atoms with E-state index >= 15 is 0 Å². The van der Waals surface area contributed by atoms with Gasteiger partial charge in [0.15, 0.2) is 0 Å². The van der Waals surface area contributed by atoms with Crippen LogP contribution < -0.4 is 10.0 Å². The maximum Gasteiger partial charge on any atom is 0.411 e. The molecule has 160 valence electrons. The number of alkyl halides is 3. The Bertz CT molecular complexity index is 883. The minimum absolute atomic E-state index is 0.0155. The molecule has 2 rings (SSSR count). The number of hydrogen-bond donors (Lipinski definition) is 2. The first kappa shape index (κ1) is 23.3. The second kappa shape index (κ2) is 10.2. The standard InChI is InChI=1S/C18H21F3N2O4S2/c1-13(11-27-12-18(19,20)21)23-17(24)14-4-6-16(7-5-14)29(25,26)22-9-8-15-3-2-10-28-15/h2-7,10,13,22H,8-9,11-12H2,1H3,(H,23,24). The topological polar surface area (TPSA) is 84.5 Å². The van der Waals surface area contributed by atoms with Crippen molar-refractivity contribution < 1.29 is 31.1 Å². The SMILES string of the molecule is CC(COCC(F)(F)F)NC(=O)c1ccc(S(=O)(=O)NCCc2cccs2)cc1. The number of thiophene rings is 1. The van der Waals surface area contributed by atoms with Crippen molar-refractivity contribution in [1.82, 2.24) is 10.0 Å². The molecule has 1 unspecified atom stereocenters. The van der Waals surface area contributed by atoms with E-state index in [9.17, 15) is 26.4 Å². The molecule has 1 atom stereocenters. The molecule has 0 spiro atoms. The van der Waals surface area contributed by atoms with Crippen LogP contribution in [0.15, 0.2) is 46.7 Å². The molecule has 0 radical (unpaired) electrons. The van der Waals surface area contributed by atoms with Crippen LogP contribution in [-0.2, 0) is 21.2 Å². The van der Waals surface area contributed by atoms with Crippen molar-refractivity contribution in [3.05, 3.63) is 52.2 Å². The van der Waals surface area contributed by atoms with Crippen LogP contribution >= 0.6 is 11.3 Å². The lowest BCUT2D eigenvalue weighted by Gasteiger charge is -2.15. The van der Waals surface area contributed by atoms with E-state index in [-0.39, 0.29) is 23.6 Å². The van der Waals surface area contributed by atoms with Crippen LogP contribution in [0.25, 0.3) is 0 Å². The number of ether oxygens (including phenoxy) is 1. The molecule has 1 aromatic carbocycles. The average molecular weight is 451 g/mol. The van der Waals surface area contributed by atoms with Crippen molar-refractivity contribution in [3.63, 3.8) is 0 Å². The Hall–Kier alpha value is -1.95. The summed E-state index contributed by atoms with van der Waals surface area (Å²) in [5.41, 5.74) is 0.185. The van der Waals surface area contributed by atoms with Gasteiger partial charge in [0, 0.05) is 23.0 Å². The molecular weight excluding hydrogens is 429 g/mol. The lowest BCUT2D eigenvalue weighted by Crippen LogP contribution is -2.36. The summed E-state index contributed by atoms with van der Waals surface area (Å²) in [6, 6.07) is 8.44. The van der Waals surface area contributed by atoms with Crippen molar-refractivity contribution in [2.45, 2.75) is 30.5 Å². The highest BCUT2D eigenvalue weighted by Gasteiger charge is 2.27. The predicted molar refractivity (Wildman–Crippen MR) is 103 cm³/mol. The van der Waals surface area contributed by atoms with Crippen molar-refractivity contribution in [2.24, 2.45) is 0 Å². The zero-order chi connectivity index (χ0) is 21.5. The van der Waals surface area contributed by atoms with Gasteiger partial charge in [-0.1, -0.05) is 6.07 Å². The first-order valence-electron chi connectivity index (χ1n) is 8.64. The molecule has 1 amide bonds. The van der Waals surface area contributed by atoms with Gasteiger partial charge in [0.2, 0.25) is 10.0 Å². The lowest BCUT2D eigenvalue weighted by molar-refractivity contribution is -0.174. The summed E-state index contributed by atoms with van der Waals surface area (Å²) in [5.74, 6) is -0.539. The first-order chi connectivity index (χ1) is 13.6. The molecule has 0 aliphatic rings. The van der Waals surface area contributed by atoms with Crippen molar-refractivity contribution >= 4 is 27.3 Å². The fraction of sp³-hybridized carbons (Fsp3) is 0.389. The number of amides is 1. The minimum Gasteiger partial charge on any atom is -0.370 e. The van der Waals surface area contributed by atoms with Gasteiger partial charge in [-0.2, -0.15) is 13.2 Å². The van der Waals surface area contributed by atoms with E-state index in [1.807, 2.05) is 17.5 Å². The van der Waals surface area contributed by atoms with Gasteiger partial charge in [0.25, 0.3) is 5.91 Å². The van der Waals surface area contributed by atoms with Crippen LogP contribution in [0.1, 0.15) is 22.2 Å². The Morgan fingerprint density at radius 1 is 1.21 bits per heavy atom. The zero-order valence-electron chi connectivity index (χ0n) is 15.5. The molecule has 0 bridgehead atoms. The van der Waals surface area contributed by atoms with Crippen LogP contribution in [-0.4, -0.2) is 46.3 Å². The molecule has 0 aliphatic carbocycles. The number of hydrogen-bond acceptors (Lipinski definition) is 5. The third-order valence-corrected chi connectivity index (χ3v) is 6.09. The fourth-order valence-corrected chi connectivity index (χ4v) is 4.07. The van der Waals surface area contributed by atoms with Gasteiger partial charge in [-0.05, 0) is 49.1 Å². The number of benzene rings is 1. The summed E-state index contributed by atoms with van der Waals surface area (Å²) in [4.78, 5) is 13.2. The highest BCUT2D eigenvalue weighted by Crippen LogP contribution is 2.15. The van der Waals surface area contributed by atoms with E-state index in [0.29, 0.717) is 6.42 Å². The molecule has 2 aromatic rings. The average Bonchev–Trinajstić information content (AvgIpc) is 3.14. The Kier molecular flexibility index (Phi) is 8.20. The van der Waals surface area contributed by atoms with E-state index in [1.54, 1.807) is 11.3 Å². The highest BCUT2D eigenvalue weighted by atomic mass is 32.2. The molecule has 0 aliphatic heterocycles. The third-order valence-electron chi connectivity index (χ3n) is 3.68. The highest BCUT2D eigenvalue weighted by molar-refractivity contribution is 7.89. The number of sulfonamides is 1. The normalized spacial score (nSPS) is 13.2. The maximum absolute atomic E-state index is 12.3. The van der Waals surface area contributed by atoms with Gasteiger partial charge in [0.1, 0.15) is 6.61 Å². The minimum atomic E-state index is -4.43. The van der Waals surface area contributed by atoms with Gasteiger partial charge in [-0.25, -0.2) is 13.1 Å². The molecule has 1 aromatic heterocycles. The molecule has 0 fully saturated rings. The fourth-order valence-electron chi connectivity index (χ4n) is 2.33. The molecule has 0 saturated carbocycles. The number of carbonyl (C=O) groups excluding carboxylic acids is 1. The van der Waals surface area contributed by atoms with Gasteiger partial charge < -0.3 is 10.1 Å². The smallest absolute Gasteiger partial charge is 0.370 e. The summed E-state index contributed by atoms with van der Waals surface area (Å²) in [6.07, 6.45) is -3.85. The Morgan fingerprint density at radius 2 is 1.90 bits per heavy atom. The number of nitrogens with one attached hydrogen (secondary N) is 2. The zero-order valence-corrected chi connectivity index (χ0v) is 17.2. The van der Waals surface area contributed by atoms with Crippen molar-refractivity contribution in [3.8, 4) is 0 Å². The Balaban J connectivity index is 1.85. The van der Waals surface area contributed by atoms with Gasteiger partial charge in [-0.15, -0.1) is 11.3 Å². The van der Waals surface area contributed by atoms with Gasteiger partial charge in [0.05, 0.1) is 11.5 Å². The van der Waals surface area contributed by atoms with E-state index < -0.39 is 34.8 Å². The molecule has 6 nitrogen and oxygen atoms in total. The lowest BCUT2D eigenvalue weighted by atomic mass is 10.2. The summed E-state index contributed by atoms with van der Waals surface area (Å²) < 4.78 is 67.8. The van der Waals surface area contributed by atoms with Crippen LogP contribution in [0.2, 0.25) is 0 Å². The maximum atomic E-state index is 12.3. The third kappa shape index (κ3) is 8.13. The van der Waals surface area contributed by atoms with Crippen LogP contribution in [0.4, 0.5) is 13.2 Å². The summed E-state index contributed by atoms with van der Waals surface area (Å²) in [6.45, 7) is 0.0657. The molecule has 11 heteroatoms. The van der Waals surface area contributed by atoms with E-state index in [1.165, 1.54) is 31.2 Å². The quantitative estimate of drug-likeness (QED) is 0.583. The summed E-state index contributed by atoms with van der Waals surface area (Å²) in [7, 11) is -3.71. The monoisotopic (exact) mass is 450 g/mol. The first-order valence-corrected chi connectivity index (χ1v) is 11.0. The molecule has 2 N–H and O–H groups in total. The van der Waals surface area contributed by atoms with Crippen molar-refractivity contribution in [2.75, 3.05) is 19.8 Å². The van der Waals surface area contributed by atoms with Crippen molar-refractivity contribution in [1.29, 1.82) is 0 Å². The Morgan fingerprint density at radius 3 is 2.48 bits per heavy atom. The second-order valence-corrected chi connectivity index (χ2v) is 9.06. The molecule has 1 heterocycles. The largest absolute Gasteiger partial charge is 0.411 e.